The number of methoxy groups -OCH3 is 2. The number of morpholine rings is 1. The summed E-state index contributed by atoms with van der Waals surface area (Å²) in [5.74, 6) is 1.45. The second-order valence-corrected chi connectivity index (χ2v) is 5.59. The third kappa shape index (κ3) is 2.89. The molecule has 6 nitrogen and oxygen atoms in total. The van der Waals surface area contributed by atoms with E-state index in [0.717, 1.165) is 18.7 Å². The average molecular weight is 306 g/mol. The number of hydrogen-bond acceptors (Lipinski definition) is 5. The van der Waals surface area contributed by atoms with E-state index < -0.39 is 0 Å². The third-order valence-electron chi connectivity index (χ3n) is 4.32. The molecule has 2 aliphatic heterocycles. The molecule has 0 radical (unpaired) electrons. The summed E-state index contributed by atoms with van der Waals surface area (Å²) in [5, 5.41) is 3.29. The quantitative estimate of drug-likeness (QED) is 0.875. The molecule has 3 rings (SSSR count). The summed E-state index contributed by atoms with van der Waals surface area (Å²) in [4.78, 5) is 14.6. The second-order valence-electron chi connectivity index (χ2n) is 5.59. The molecule has 120 valence electrons. The van der Waals surface area contributed by atoms with Crippen molar-refractivity contribution in [1.82, 2.24) is 10.2 Å². The van der Waals surface area contributed by atoms with Gasteiger partial charge in [0.1, 0.15) is 0 Å². The monoisotopic (exact) mass is 306 g/mol. The predicted octanol–water partition coefficient (Wildman–Crippen LogP) is 0.446. The fourth-order valence-corrected chi connectivity index (χ4v) is 3.17. The van der Waals surface area contributed by atoms with Crippen LogP contribution in [-0.4, -0.2) is 63.4 Å². The van der Waals surface area contributed by atoms with Crippen LogP contribution in [0.25, 0.3) is 0 Å². The Labute approximate surface area is 130 Å². The average Bonchev–Trinajstić information content (AvgIpc) is 3.03. The lowest BCUT2D eigenvalue weighted by Crippen LogP contribution is -2.53. The minimum atomic E-state index is 0.128. The Morgan fingerprint density at radius 3 is 2.91 bits per heavy atom. The molecule has 0 aliphatic carbocycles. The van der Waals surface area contributed by atoms with E-state index in [1.165, 1.54) is 0 Å². The number of nitrogens with one attached hydrogen (secondary N) is 1. The van der Waals surface area contributed by atoms with Gasteiger partial charge < -0.3 is 24.4 Å². The van der Waals surface area contributed by atoms with E-state index in [2.05, 4.69) is 5.32 Å². The summed E-state index contributed by atoms with van der Waals surface area (Å²) in [6, 6.07) is 5.76. The van der Waals surface area contributed by atoms with Crippen LogP contribution in [0.2, 0.25) is 0 Å². The van der Waals surface area contributed by atoms with Crippen LogP contribution in [0, 0.1) is 0 Å². The highest BCUT2D eigenvalue weighted by molar-refractivity contribution is 5.79. The van der Waals surface area contributed by atoms with Crippen LogP contribution >= 0.6 is 0 Å². The number of carbonyl (C=O) groups excluding carboxylic acids is 1. The molecule has 0 spiro atoms. The molecule has 22 heavy (non-hydrogen) atoms. The number of hydrogen-bond donors (Lipinski definition) is 1. The Hall–Kier alpha value is -1.79. The molecule has 2 atom stereocenters. The number of ether oxygens (including phenoxy) is 3. The number of amides is 1. The minimum Gasteiger partial charge on any atom is -0.493 e. The lowest BCUT2D eigenvalue weighted by Gasteiger charge is -2.37. The summed E-state index contributed by atoms with van der Waals surface area (Å²) in [5.41, 5.74) is 0.927. The SMILES string of the molecule is COc1ccc(CC(=O)N2CCO[C@H]3CNC[C@H]32)cc1OC. The van der Waals surface area contributed by atoms with Crippen LogP contribution in [0.3, 0.4) is 0 Å². The lowest BCUT2D eigenvalue weighted by atomic mass is 10.1. The highest BCUT2D eigenvalue weighted by Gasteiger charge is 2.38. The maximum absolute atomic E-state index is 12.6. The normalized spacial score (nSPS) is 24.0. The maximum Gasteiger partial charge on any atom is 0.227 e. The first-order valence-corrected chi connectivity index (χ1v) is 7.55. The lowest BCUT2D eigenvalue weighted by molar-refractivity contribution is -0.142. The van der Waals surface area contributed by atoms with E-state index in [1.807, 2.05) is 23.1 Å². The van der Waals surface area contributed by atoms with Crippen molar-refractivity contribution < 1.29 is 19.0 Å². The van der Waals surface area contributed by atoms with Crippen LogP contribution in [-0.2, 0) is 16.0 Å². The van der Waals surface area contributed by atoms with Crippen molar-refractivity contribution in [3.05, 3.63) is 23.8 Å². The van der Waals surface area contributed by atoms with Crippen LogP contribution in [0.4, 0.5) is 0 Å². The zero-order valence-electron chi connectivity index (χ0n) is 13.0. The molecule has 0 saturated carbocycles. The van der Waals surface area contributed by atoms with Crippen molar-refractivity contribution in [1.29, 1.82) is 0 Å². The molecule has 0 aromatic heterocycles. The molecule has 2 aliphatic rings. The highest BCUT2D eigenvalue weighted by atomic mass is 16.5. The van der Waals surface area contributed by atoms with Gasteiger partial charge in [0.15, 0.2) is 11.5 Å². The minimum absolute atomic E-state index is 0.128. The van der Waals surface area contributed by atoms with Gasteiger partial charge in [0.05, 0.1) is 39.4 Å². The van der Waals surface area contributed by atoms with E-state index in [-0.39, 0.29) is 18.1 Å². The Morgan fingerprint density at radius 1 is 1.32 bits per heavy atom. The molecule has 1 N–H and O–H groups in total. The molecular weight excluding hydrogens is 284 g/mol. The molecule has 2 heterocycles. The van der Waals surface area contributed by atoms with Gasteiger partial charge in [-0.2, -0.15) is 0 Å². The van der Waals surface area contributed by atoms with Gasteiger partial charge in [-0.05, 0) is 17.7 Å². The molecular formula is C16H22N2O4. The first-order valence-electron chi connectivity index (χ1n) is 7.55. The third-order valence-corrected chi connectivity index (χ3v) is 4.32. The Balaban J connectivity index is 1.71. The van der Waals surface area contributed by atoms with Gasteiger partial charge in [0.2, 0.25) is 5.91 Å². The molecule has 2 fully saturated rings. The van der Waals surface area contributed by atoms with Gasteiger partial charge in [-0.1, -0.05) is 6.07 Å². The second kappa shape index (κ2) is 6.54. The first-order chi connectivity index (χ1) is 10.7. The number of fused-ring (bicyclic) bond motifs is 1. The Morgan fingerprint density at radius 2 is 2.14 bits per heavy atom. The van der Waals surface area contributed by atoms with Gasteiger partial charge in [-0.3, -0.25) is 4.79 Å². The van der Waals surface area contributed by atoms with E-state index in [9.17, 15) is 4.79 Å². The fourth-order valence-electron chi connectivity index (χ4n) is 3.17. The number of carbonyl (C=O) groups is 1. The smallest absolute Gasteiger partial charge is 0.227 e. The zero-order valence-corrected chi connectivity index (χ0v) is 13.0. The number of benzene rings is 1. The zero-order chi connectivity index (χ0) is 15.5. The van der Waals surface area contributed by atoms with Gasteiger partial charge in [-0.15, -0.1) is 0 Å². The van der Waals surface area contributed by atoms with Crippen molar-refractivity contribution in [2.75, 3.05) is 40.5 Å². The maximum atomic E-state index is 12.6. The van der Waals surface area contributed by atoms with Crippen molar-refractivity contribution in [2.45, 2.75) is 18.6 Å². The van der Waals surface area contributed by atoms with Crippen LogP contribution in [0.1, 0.15) is 5.56 Å². The van der Waals surface area contributed by atoms with Crippen molar-refractivity contribution >= 4 is 5.91 Å². The van der Waals surface area contributed by atoms with Gasteiger partial charge in [-0.25, -0.2) is 0 Å². The van der Waals surface area contributed by atoms with E-state index >= 15 is 0 Å². The van der Waals surface area contributed by atoms with Gasteiger partial charge in [0.25, 0.3) is 0 Å². The summed E-state index contributed by atoms with van der Waals surface area (Å²) in [7, 11) is 3.20. The molecule has 1 aromatic carbocycles. The highest BCUT2D eigenvalue weighted by Crippen LogP contribution is 2.28. The van der Waals surface area contributed by atoms with Crippen molar-refractivity contribution in [3.63, 3.8) is 0 Å². The summed E-state index contributed by atoms with van der Waals surface area (Å²) < 4.78 is 16.2. The first kappa shape index (κ1) is 15.1. The summed E-state index contributed by atoms with van der Waals surface area (Å²) >= 11 is 0. The molecule has 1 amide bonds. The van der Waals surface area contributed by atoms with Crippen molar-refractivity contribution in [3.8, 4) is 11.5 Å². The molecule has 2 saturated heterocycles. The number of nitrogens with zero attached hydrogens (tertiary/aromatic N) is 1. The predicted molar refractivity (Wildman–Crippen MR) is 81.4 cm³/mol. The van der Waals surface area contributed by atoms with E-state index in [0.29, 0.717) is 31.1 Å². The standard InChI is InChI=1S/C16H22N2O4/c1-20-13-4-3-11(7-14(13)21-2)8-16(19)18-5-6-22-15-10-17-9-12(15)18/h3-4,7,12,15,17H,5-6,8-10H2,1-2H3/t12-,15+/m1/s1. The van der Waals surface area contributed by atoms with Gasteiger partial charge in [0, 0.05) is 19.6 Å². The van der Waals surface area contributed by atoms with Crippen LogP contribution < -0.4 is 14.8 Å². The van der Waals surface area contributed by atoms with Crippen LogP contribution in [0.15, 0.2) is 18.2 Å². The van der Waals surface area contributed by atoms with E-state index in [4.69, 9.17) is 14.2 Å². The van der Waals surface area contributed by atoms with Crippen LogP contribution in [0.5, 0.6) is 11.5 Å². The summed E-state index contributed by atoms with van der Waals surface area (Å²) in [6.45, 7) is 2.91. The largest absolute Gasteiger partial charge is 0.493 e. The van der Waals surface area contributed by atoms with E-state index in [1.54, 1.807) is 14.2 Å². The van der Waals surface area contributed by atoms with Gasteiger partial charge >= 0.3 is 0 Å². The Kier molecular flexibility index (Phi) is 4.49. The topological polar surface area (TPSA) is 60.0 Å². The van der Waals surface area contributed by atoms with Crippen molar-refractivity contribution in [2.24, 2.45) is 0 Å². The summed E-state index contributed by atoms with van der Waals surface area (Å²) in [6.07, 6.45) is 0.493. The molecule has 1 aromatic rings. The fraction of sp³-hybridized carbons (Fsp3) is 0.562. The number of rotatable bonds is 4. The molecule has 0 bridgehead atoms. The molecule has 6 heteroatoms. The molecule has 0 unspecified atom stereocenters. The Bertz CT molecular complexity index is 549.